The lowest BCUT2D eigenvalue weighted by Gasteiger charge is -2.19. The van der Waals surface area contributed by atoms with Gasteiger partial charge in [-0.3, -0.25) is 4.79 Å². The zero-order chi connectivity index (χ0) is 9.78. The average Bonchev–Trinajstić information content (AvgIpc) is 1.99. The Balaban J connectivity index is 4.74. The smallest absolute Gasteiger partial charge is 0.344 e. The third-order valence-corrected chi connectivity index (χ3v) is 1.48. The van der Waals surface area contributed by atoms with Gasteiger partial charge in [-0.2, -0.15) is 5.26 Å². The van der Waals surface area contributed by atoms with Crippen LogP contribution in [0.25, 0.3) is 0 Å². The number of carboxylic acids is 1. The number of nitrogens with one attached hydrogen (secondary N) is 1. The van der Waals surface area contributed by atoms with Gasteiger partial charge in [0.25, 0.3) is 0 Å². The summed E-state index contributed by atoms with van der Waals surface area (Å²) in [5, 5.41) is 19.3. The van der Waals surface area contributed by atoms with E-state index in [4.69, 9.17) is 10.4 Å². The molecule has 0 bridgehead atoms. The molecule has 0 rings (SSSR count). The van der Waals surface area contributed by atoms with Crippen LogP contribution in [0.15, 0.2) is 0 Å². The van der Waals surface area contributed by atoms with Crippen LogP contribution in [0.4, 0.5) is 0 Å². The van der Waals surface area contributed by atoms with Gasteiger partial charge in [0, 0.05) is 6.92 Å². The Morgan fingerprint density at radius 2 is 2.17 bits per heavy atom. The van der Waals surface area contributed by atoms with Gasteiger partial charge in [0.2, 0.25) is 11.4 Å². The molecule has 0 spiro atoms. The van der Waals surface area contributed by atoms with Gasteiger partial charge in [-0.05, 0) is 6.42 Å². The molecule has 0 heterocycles. The zero-order valence-corrected chi connectivity index (χ0v) is 6.92. The lowest BCUT2D eigenvalue weighted by Crippen LogP contribution is -2.52. The summed E-state index contributed by atoms with van der Waals surface area (Å²) in [6.07, 6.45) is 0.0401. The van der Waals surface area contributed by atoms with Crippen LogP contribution in [0.1, 0.15) is 20.3 Å². The predicted molar refractivity (Wildman–Crippen MR) is 40.1 cm³/mol. The van der Waals surface area contributed by atoms with E-state index in [1.807, 2.05) is 0 Å². The van der Waals surface area contributed by atoms with Gasteiger partial charge < -0.3 is 10.4 Å². The molecule has 0 saturated heterocycles. The molecule has 0 aliphatic heterocycles. The first-order chi connectivity index (χ1) is 5.48. The molecule has 0 fully saturated rings. The van der Waals surface area contributed by atoms with E-state index in [0.717, 1.165) is 0 Å². The lowest BCUT2D eigenvalue weighted by atomic mass is 9.98. The molecule has 2 N–H and O–H groups in total. The molecular formula is C7H10N2O3. The maximum Gasteiger partial charge on any atom is 0.344 e. The van der Waals surface area contributed by atoms with Crippen LogP contribution in [-0.4, -0.2) is 22.5 Å². The van der Waals surface area contributed by atoms with E-state index in [-0.39, 0.29) is 6.42 Å². The lowest BCUT2D eigenvalue weighted by molar-refractivity contribution is -0.144. The van der Waals surface area contributed by atoms with E-state index in [2.05, 4.69) is 5.32 Å². The molecule has 1 unspecified atom stereocenters. The third-order valence-electron chi connectivity index (χ3n) is 1.48. The maximum atomic E-state index is 10.6. The Kier molecular flexibility index (Phi) is 3.23. The molecule has 0 aliphatic rings. The van der Waals surface area contributed by atoms with Crippen LogP contribution in [0.3, 0.4) is 0 Å². The molecule has 66 valence electrons. The van der Waals surface area contributed by atoms with Gasteiger partial charge in [-0.15, -0.1) is 0 Å². The zero-order valence-electron chi connectivity index (χ0n) is 6.92. The highest BCUT2D eigenvalue weighted by atomic mass is 16.4. The minimum atomic E-state index is -1.77. The summed E-state index contributed by atoms with van der Waals surface area (Å²) >= 11 is 0. The van der Waals surface area contributed by atoms with Crippen LogP contribution in [0.5, 0.6) is 0 Å². The fraction of sp³-hybridized carbons (Fsp3) is 0.571. The molecule has 0 saturated carbocycles. The highest BCUT2D eigenvalue weighted by molar-refractivity contribution is 5.88. The first kappa shape index (κ1) is 10.4. The summed E-state index contributed by atoms with van der Waals surface area (Å²) in [4.78, 5) is 21.1. The number of amides is 1. The van der Waals surface area contributed by atoms with E-state index in [1.54, 1.807) is 6.07 Å². The number of carbonyl (C=O) groups is 2. The van der Waals surface area contributed by atoms with Gasteiger partial charge in [-0.1, -0.05) is 6.92 Å². The summed E-state index contributed by atoms with van der Waals surface area (Å²) in [5.41, 5.74) is -1.77. The highest BCUT2D eigenvalue weighted by Crippen LogP contribution is 2.08. The van der Waals surface area contributed by atoms with Crippen molar-refractivity contribution in [3.05, 3.63) is 0 Å². The van der Waals surface area contributed by atoms with E-state index >= 15 is 0 Å². The number of carboxylic acid groups (broad SMARTS) is 1. The van der Waals surface area contributed by atoms with E-state index < -0.39 is 17.4 Å². The first-order valence-electron chi connectivity index (χ1n) is 3.42. The van der Waals surface area contributed by atoms with E-state index in [0.29, 0.717) is 0 Å². The van der Waals surface area contributed by atoms with Crippen molar-refractivity contribution >= 4 is 11.9 Å². The molecule has 1 atom stereocenters. The molecule has 0 aromatic carbocycles. The fourth-order valence-corrected chi connectivity index (χ4v) is 0.748. The normalized spacial score (nSPS) is 14.1. The molecule has 5 heteroatoms. The van der Waals surface area contributed by atoms with Crippen LogP contribution in [0.2, 0.25) is 0 Å². The number of aliphatic carboxylic acids is 1. The van der Waals surface area contributed by atoms with Gasteiger partial charge in [0.1, 0.15) is 6.07 Å². The fourth-order valence-electron chi connectivity index (χ4n) is 0.748. The number of rotatable bonds is 3. The van der Waals surface area contributed by atoms with Crippen molar-refractivity contribution in [1.29, 1.82) is 5.26 Å². The second kappa shape index (κ2) is 3.72. The van der Waals surface area contributed by atoms with Crippen molar-refractivity contribution in [3.63, 3.8) is 0 Å². The quantitative estimate of drug-likeness (QED) is 0.617. The average molecular weight is 170 g/mol. The van der Waals surface area contributed by atoms with Gasteiger partial charge in [0.15, 0.2) is 0 Å². The van der Waals surface area contributed by atoms with E-state index in [9.17, 15) is 9.59 Å². The van der Waals surface area contributed by atoms with E-state index in [1.165, 1.54) is 13.8 Å². The second-order valence-electron chi connectivity index (χ2n) is 2.36. The number of nitrogens with zero attached hydrogens (tertiary/aromatic N) is 1. The molecular weight excluding hydrogens is 160 g/mol. The van der Waals surface area contributed by atoms with Crippen molar-refractivity contribution in [2.75, 3.05) is 0 Å². The minimum absolute atomic E-state index is 0.0401. The summed E-state index contributed by atoms with van der Waals surface area (Å²) in [7, 11) is 0. The molecule has 0 aromatic rings. The Labute approximate surface area is 70.0 Å². The number of carbonyl (C=O) groups excluding carboxylic acids is 1. The number of hydrogen-bond donors (Lipinski definition) is 2. The molecule has 0 radical (unpaired) electrons. The standard InChI is InChI=1S/C7H10N2O3/c1-3-7(4-8,6(11)12)9-5(2)10/h3H2,1-2H3,(H,9,10)(H,11,12). The molecule has 12 heavy (non-hydrogen) atoms. The van der Waals surface area contributed by atoms with Crippen molar-refractivity contribution in [3.8, 4) is 6.07 Å². The summed E-state index contributed by atoms with van der Waals surface area (Å²) in [6.45, 7) is 2.69. The maximum absolute atomic E-state index is 10.6. The molecule has 0 aromatic heterocycles. The second-order valence-corrected chi connectivity index (χ2v) is 2.36. The van der Waals surface area contributed by atoms with Crippen LogP contribution < -0.4 is 5.32 Å². The van der Waals surface area contributed by atoms with Gasteiger partial charge in [0.05, 0.1) is 0 Å². The van der Waals surface area contributed by atoms with Crippen LogP contribution in [0, 0.1) is 11.3 Å². The van der Waals surface area contributed by atoms with Crippen molar-refractivity contribution < 1.29 is 14.7 Å². The van der Waals surface area contributed by atoms with Crippen molar-refractivity contribution in [2.45, 2.75) is 25.8 Å². The Morgan fingerprint density at radius 3 is 2.25 bits per heavy atom. The summed E-state index contributed by atoms with van der Waals surface area (Å²) in [6, 6.07) is 1.56. The Bertz CT molecular complexity index is 244. The Hall–Kier alpha value is -1.57. The monoisotopic (exact) mass is 170 g/mol. The topological polar surface area (TPSA) is 90.2 Å². The van der Waals surface area contributed by atoms with Crippen molar-refractivity contribution in [2.24, 2.45) is 0 Å². The minimum Gasteiger partial charge on any atom is -0.479 e. The van der Waals surface area contributed by atoms with Crippen LogP contribution in [-0.2, 0) is 9.59 Å². The predicted octanol–water partition coefficient (Wildman–Crippen LogP) is -0.121. The summed E-state index contributed by atoms with van der Waals surface area (Å²) in [5.74, 6) is -1.86. The largest absolute Gasteiger partial charge is 0.479 e. The summed E-state index contributed by atoms with van der Waals surface area (Å²) < 4.78 is 0. The van der Waals surface area contributed by atoms with Gasteiger partial charge in [-0.25, -0.2) is 4.79 Å². The van der Waals surface area contributed by atoms with Crippen molar-refractivity contribution in [1.82, 2.24) is 5.32 Å². The molecule has 1 amide bonds. The molecule has 0 aliphatic carbocycles. The molecule has 5 nitrogen and oxygen atoms in total. The number of nitriles is 1. The van der Waals surface area contributed by atoms with Crippen LogP contribution >= 0.6 is 0 Å². The SMILES string of the molecule is CCC(C#N)(NC(C)=O)C(=O)O. The first-order valence-corrected chi connectivity index (χ1v) is 3.42. The number of hydrogen-bond acceptors (Lipinski definition) is 3. The highest BCUT2D eigenvalue weighted by Gasteiger charge is 2.37. The van der Waals surface area contributed by atoms with Gasteiger partial charge >= 0.3 is 5.97 Å². The Morgan fingerprint density at radius 1 is 1.67 bits per heavy atom. The third kappa shape index (κ3) is 1.95.